The summed E-state index contributed by atoms with van der Waals surface area (Å²) < 4.78 is 26.2. The number of aromatic nitrogens is 1. The van der Waals surface area contributed by atoms with Crippen molar-refractivity contribution in [2.45, 2.75) is 25.4 Å². The van der Waals surface area contributed by atoms with E-state index >= 15 is 0 Å². The van der Waals surface area contributed by atoms with Gasteiger partial charge in [-0.15, -0.1) is 0 Å². The van der Waals surface area contributed by atoms with E-state index in [1.165, 1.54) is 10.8 Å². The van der Waals surface area contributed by atoms with Crippen molar-refractivity contribution in [3.05, 3.63) is 86.5 Å². The number of carbonyl (C=O) groups excluding carboxylic acids is 1. The molecule has 2 aliphatic heterocycles. The summed E-state index contributed by atoms with van der Waals surface area (Å²) in [5.74, 6) is -0.368. The maximum Gasteiger partial charge on any atom is 0.260 e. The van der Waals surface area contributed by atoms with Crippen LogP contribution in [0.1, 0.15) is 24.5 Å². The molecule has 0 fully saturated rings. The number of carbonyl (C=O) groups is 1. The summed E-state index contributed by atoms with van der Waals surface area (Å²) in [6.45, 7) is 2.34. The average Bonchev–Trinajstić information content (AvgIpc) is 3.11. The fourth-order valence-corrected chi connectivity index (χ4v) is 6.11. The fourth-order valence-electron chi connectivity index (χ4n) is 5.18. The number of nitrogens with zero attached hydrogens (tertiary/aromatic N) is 2. The number of likely N-dealkylation sites (N-methyl/N-ethyl adjacent to an activating group) is 1. The molecule has 2 aromatic rings. The molecule has 0 bridgehead atoms. The van der Waals surface area contributed by atoms with Crippen LogP contribution < -0.4 is 21.1 Å². The zero-order valence-corrected chi connectivity index (χ0v) is 21.8. The van der Waals surface area contributed by atoms with Gasteiger partial charge in [0.05, 0.1) is 23.1 Å². The van der Waals surface area contributed by atoms with Crippen LogP contribution in [-0.4, -0.2) is 49.5 Å². The molecule has 5 rings (SSSR count). The predicted molar refractivity (Wildman–Crippen MR) is 142 cm³/mol. The van der Waals surface area contributed by atoms with Gasteiger partial charge >= 0.3 is 0 Å². The topological polar surface area (TPSA) is 101 Å². The highest BCUT2D eigenvalue weighted by Crippen LogP contribution is 2.45. The SMILES string of the molecule is CCNC(=O)C1CC2C3=C(N1)c1c(ccn(C)c1=O)C(CS(C)(=O)=O)=CC3=CN2c1ccc(Cl)cc1. The number of nitrogens with one attached hydrogen (secondary N) is 2. The van der Waals surface area contributed by atoms with E-state index in [4.69, 9.17) is 11.6 Å². The van der Waals surface area contributed by atoms with Crippen molar-refractivity contribution in [2.24, 2.45) is 7.05 Å². The minimum atomic E-state index is -3.39. The summed E-state index contributed by atoms with van der Waals surface area (Å²) in [5.41, 5.74) is 4.35. The van der Waals surface area contributed by atoms with E-state index in [9.17, 15) is 18.0 Å². The Hall–Kier alpha value is -3.30. The van der Waals surface area contributed by atoms with Gasteiger partial charge < -0.3 is 20.1 Å². The van der Waals surface area contributed by atoms with Crippen molar-refractivity contribution in [3.8, 4) is 0 Å². The zero-order valence-electron chi connectivity index (χ0n) is 20.2. The van der Waals surface area contributed by atoms with Gasteiger partial charge in [0.15, 0.2) is 9.84 Å². The molecule has 3 heterocycles. The molecule has 2 N–H and O–H groups in total. The number of amides is 1. The number of sulfone groups is 1. The highest BCUT2D eigenvalue weighted by molar-refractivity contribution is 7.91. The number of anilines is 1. The third kappa shape index (κ3) is 4.26. The lowest BCUT2D eigenvalue weighted by Crippen LogP contribution is -2.51. The Kier molecular flexibility index (Phi) is 6.08. The number of hydrogen-bond donors (Lipinski definition) is 2. The summed E-state index contributed by atoms with van der Waals surface area (Å²) >= 11 is 6.13. The van der Waals surface area contributed by atoms with Crippen LogP contribution in [0.2, 0.25) is 5.02 Å². The molecular formula is C26H27ClN4O4S. The van der Waals surface area contributed by atoms with E-state index in [1.54, 1.807) is 31.4 Å². The summed E-state index contributed by atoms with van der Waals surface area (Å²) in [4.78, 5) is 28.6. The van der Waals surface area contributed by atoms with Crippen LogP contribution in [0.25, 0.3) is 11.3 Å². The Labute approximate surface area is 214 Å². The standard InChI is InChI=1S/C26H27ClN4O4S/c1-4-28-25(32)20-12-21-22-15(13-31(21)18-7-5-17(27)6-8-18)11-16(14-36(3,34)35)19-9-10-30(2)26(33)23(19)24(22)29-20/h5-11,13,20-21,29H,4,12,14H2,1-3H3,(H,28,32). The van der Waals surface area contributed by atoms with Crippen LogP contribution in [-0.2, 0) is 21.7 Å². The molecule has 1 amide bonds. The number of pyridine rings is 1. The summed E-state index contributed by atoms with van der Waals surface area (Å²) in [6, 6.07) is 8.37. The third-order valence-electron chi connectivity index (χ3n) is 6.71. The first kappa shape index (κ1) is 24.4. The van der Waals surface area contributed by atoms with Crippen molar-refractivity contribution in [1.82, 2.24) is 15.2 Å². The highest BCUT2D eigenvalue weighted by atomic mass is 35.5. The van der Waals surface area contributed by atoms with Gasteiger partial charge in [-0.3, -0.25) is 9.59 Å². The Morgan fingerprint density at radius 2 is 1.94 bits per heavy atom. The van der Waals surface area contributed by atoms with Crippen LogP contribution >= 0.6 is 11.6 Å². The number of allylic oxidation sites excluding steroid dienone is 1. The first-order chi connectivity index (χ1) is 17.1. The molecule has 1 aromatic carbocycles. The molecule has 8 nitrogen and oxygen atoms in total. The predicted octanol–water partition coefficient (Wildman–Crippen LogP) is 2.46. The van der Waals surface area contributed by atoms with Crippen molar-refractivity contribution < 1.29 is 13.2 Å². The van der Waals surface area contributed by atoms with Gasteiger partial charge in [-0.05, 0) is 60.0 Å². The van der Waals surface area contributed by atoms with Crippen LogP contribution in [0.5, 0.6) is 0 Å². The van der Waals surface area contributed by atoms with Gasteiger partial charge in [0.2, 0.25) is 5.91 Å². The second-order valence-electron chi connectivity index (χ2n) is 9.36. The van der Waals surface area contributed by atoms with Gasteiger partial charge in [0.25, 0.3) is 5.56 Å². The lowest BCUT2D eigenvalue weighted by atomic mass is 9.88. The molecule has 1 aliphatic carbocycles. The number of fused-ring (bicyclic) bond motifs is 2. The van der Waals surface area contributed by atoms with E-state index in [1.807, 2.05) is 31.3 Å². The van der Waals surface area contributed by atoms with Crippen molar-refractivity contribution in [3.63, 3.8) is 0 Å². The number of benzene rings is 1. The molecule has 0 radical (unpaired) electrons. The first-order valence-corrected chi connectivity index (χ1v) is 14.1. The molecule has 2 atom stereocenters. The summed E-state index contributed by atoms with van der Waals surface area (Å²) in [6.07, 6.45) is 7.11. The molecule has 36 heavy (non-hydrogen) atoms. The van der Waals surface area contributed by atoms with Gasteiger partial charge in [-0.2, -0.15) is 0 Å². The number of hydrogen-bond acceptors (Lipinski definition) is 6. The number of aryl methyl sites for hydroxylation is 1. The van der Waals surface area contributed by atoms with E-state index in [2.05, 4.69) is 15.5 Å². The Balaban J connectivity index is 1.77. The fraction of sp³-hybridized carbons (Fsp3) is 0.308. The second kappa shape index (κ2) is 8.97. The quantitative estimate of drug-likeness (QED) is 0.621. The van der Waals surface area contributed by atoms with Crippen molar-refractivity contribution in [1.29, 1.82) is 0 Å². The zero-order chi connectivity index (χ0) is 25.8. The summed E-state index contributed by atoms with van der Waals surface area (Å²) in [7, 11) is -1.74. The molecule has 0 spiro atoms. The second-order valence-corrected chi connectivity index (χ2v) is 11.9. The van der Waals surface area contributed by atoms with E-state index in [0.29, 0.717) is 40.4 Å². The van der Waals surface area contributed by atoms with Gasteiger partial charge in [-0.25, -0.2) is 8.42 Å². The normalized spacial score (nSPS) is 20.6. The molecule has 0 saturated heterocycles. The molecule has 3 aliphatic rings. The Morgan fingerprint density at radius 3 is 2.61 bits per heavy atom. The lowest BCUT2D eigenvalue weighted by molar-refractivity contribution is -0.123. The molecule has 2 unspecified atom stereocenters. The molecule has 10 heteroatoms. The summed E-state index contributed by atoms with van der Waals surface area (Å²) in [5, 5.41) is 6.85. The Bertz CT molecular complexity index is 1520. The van der Waals surface area contributed by atoms with Crippen molar-refractivity contribution >= 4 is 44.3 Å². The monoisotopic (exact) mass is 526 g/mol. The Morgan fingerprint density at radius 1 is 1.22 bits per heavy atom. The van der Waals surface area contributed by atoms with Gasteiger partial charge in [0.1, 0.15) is 6.04 Å². The van der Waals surface area contributed by atoms with E-state index in [0.717, 1.165) is 16.8 Å². The van der Waals surface area contributed by atoms with E-state index < -0.39 is 15.9 Å². The van der Waals surface area contributed by atoms with Crippen molar-refractivity contribution in [2.75, 3.05) is 23.5 Å². The van der Waals surface area contributed by atoms with Gasteiger partial charge in [-0.1, -0.05) is 11.6 Å². The number of halogens is 1. The maximum atomic E-state index is 13.5. The molecular weight excluding hydrogens is 500 g/mol. The third-order valence-corrected chi connectivity index (χ3v) is 7.80. The molecule has 0 saturated carbocycles. The van der Waals surface area contributed by atoms with Crippen LogP contribution in [0.15, 0.2) is 64.7 Å². The van der Waals surface area contributed by atoms with Crippen LogP contribution in [0.3, 0.4) is 0 Å². The average molecular weight is 527 g/mol. The molecule has 1 aromatic heterocycles. The van der Waals surface area contributed by atoms with Crippen LogP contribution in [0.4, 0.5) is 5.69 Å². The largest absolute Gasteiger partial charge is 0.373 e. The highest BCUT2D eigenvalue weighted by Gasteiger charge is 2.43. The minimum absolute atomic E-state index is 0.156. The lowest BCUT2D eigenvalue weighted by Gasteiger charge is -2.36. The minimum Gasteiger partial charge on any atom is -0.373 e. The van der Waals surface area contributed by atoms with Gasteiger partial charge in [0, 0.05) is 54.9 Å². The first-order valence-electron chi connectivity index (χ1n) is 11.7. The molecule has 188 valence electrons. The maximum absolute atomic E-state index is 13.5. The van der Waals surface area contributed by atoms with Crippen LogP contribution in [0, 0.1) is 0 Å². The van der Waals surface area contributed by atoms with E-state index in [-0.39, 0.29) is 23.3 Å². The number of rotatable bonds is 5. The smallest absolute Gasteiger partial charge is 0.260 e.